The van der Waals surface area contributed by atoms with Crippen molar-refractivity contribution in [3.63, 3.8) is 0 Å². The third-order valence-corrected chi connectivity index (χ3v) is 10.8. The summed E-state index contributed by atoms with van der Waals surface area (Å²) in [6, 6.07) is 17.4. The van der Waals surface area contributed by atoms with Crippen LogP contribution in [0.2, 0.25) is 0 Å². The van der Waals surface area contributed by atoms with Crippen molar-refractivity contribution < 1.29 is 9.85 Å². The van der Waals surface area contributed by atoms with Crippen LogP contribution in [0.3, 0.4) is 0 Å². The Morgan fingerprint density at radius 1 is 0.682 bits per heavy atom. The summed E-state index contributed by atoms with van der Waals surface area (Å²) in [5.41, 5.74) is 1.23. The SMILES string of the molecule is O=[N+]([O-])C([Se][Se]C(c1ccccc1)[N+](=O)[O-])c1ccccc1. The first-order valence-corrected chi connectivity index (χ1v) is 12.6. The van der Waals surface area contributed by atoms with Crippen molar-refractivity contribution in [3.8, 4) is 0 Å². The number of hydrogen-bond donors (Lipinski definition) is 0. The van der Waals surface area contributed by atoms with E-state index in [-0.39, 0.29) is 9.85 Å². The average molecular weight is 430 g/mol. The molecule has 0 bridgehead atoms. The molecule has 0 saturated carbocycles. The van der Waals surface area contributed by atoms with E-state index in [1.54, 1.807) is 60.7 Å². The van der Waals surface area contributed by atoms with Crippen LogP contribution in [0.25, 0.3) is 0 Å². The summed E-state index contributed by atoms with van der Waals surface area (Å²) in [7, 11) is 0. The molecular weight excluding hydrogens is 418 g/mol. The number of nitrogens with zero attached hydrogens (tertiary/aromatic N) is 2. The van der Waals surface area contributed by atoms with Gasteiger partial charge in [-0.25, -0.2) is 0 Å². The van der Waals surface area contributed by atoms with Gasteiger partial charge in [0.05, 0.1) is 0 Å². The minimum atomic E-state index is -0.833. The molecule has 0 heterocycles. The third kappa shape index (κ3) is 4.38. The molecule has 2 aromatic rings. The Labute approximate surface area is 138 Å². The molecule has 0 aromatic heterocycles. The van der Waals surface area contributed by atoms with Crippen molar-refractivity contribution in [1.29, 1.82) is 0 Å². The fourth-order valence-electron chi connectivity index (χ4n) is 1.77. The van der Waals surface area contributed by atoms with E-state index in [2.05, 4.69) is 0 Å². The Hall–Kier alpha value is -1.72. The molecule has 2 rings (SSSR count). The first kappa shape index (κ1) is 16.6. The molecule has 0 saturated heterocycles. The van der Waals surface area contributed by atoms with E-state index >= 15 is 0 Å². The molecule has 0 radical (unpaired) electrons. The Morgan fingerprint density at radius 3 is 1.27 bits per heavy atom. The zero-order valence-corrected chi connectivity index (χ0v) is 14.7. The Morgan fingerprint density at radius 2 is 1.00 bits per heavy atom. The zero-order chi connectivity index (χ0) is 15.9. The summed E-state index contributed by atoms with van der Waals surface area (Å²) in [6.45, 7) is 0. The molecule has 0 aliphatic heterocycles. The fourth-order valence-corrected chi connectivity index (χ4v) is 9.88. The first-order chi connectivity index (χ1) is 10.6. The van der Waals surface area contributed by atoms with Crippen LogP contribution in [-0.4, -0.2) is 36.1 Å². The van der Waals surface area contributed by atoms with Crippen molar-refractivity contribution in [3.05, 3.63) is 92.0 Å². The molecule has 0 spiro atoms. The average Bonchev–Trinajstić information content (AvgIpc) is 2.52. The Kier molecular flexibility index (Phi) is 6.09. The predicted octanol–water partition coefficient (Wildman–Crippen LogP) is 2.26. The van der Waals surface area contributed by atoms with Crippen molar-refractivity contribution >= 4 is 26.3 Å². The Bertz CT molecular complexity index is 582. The van der Waals surface area contributed by atoms with Crippen LogP contribution in [-0.2, 0) is 0 Å². The summed E-state index contributed by atoms with van der Waals surface area (Å²) < 4.78 is 0. The number of hydrogen-bond acceptors (Lipinski definition) is 4. The van der Waals surface area contributed by atoms with Gasteiger partial charge in [-0.2, -0.15) is 0 Å². The maximum atomic E-state index is 11.3. The summed E-state index contributed by atoms with van der Waals surface area (Å²) in [5, 5.41) is 22.6. The van der Waals surface area contributed by atoms with Gasteiger partial charge in [0.15, 0.2) is 0 Å². The van der Waals surface area contributed by atoms with Crippen LogP contribution in [0.15, 0.2) is 60.7 Å². The molecule has 6 nitrogen and oxygen atoms in total. The fraction of sp³-hybridized carbons (Fsp3) is 0.143. The van der Waals surface area contributed by atoms with Gasteiger partial charge in [-0.15, -0.1) is 0 Å². The van der Waals surface area contributed by atoms with Gasteiger partial charge in [0, 0.05) is 0 Å². The van der Waals surface area contributed by atoms with Gasteiger partial charge in [-0.05, 0) is 0 Å². The molecule has 22 heavy (non-hydrogen) atoms. The second kappa shape index (κ2) is 8.05. The van der Waals surface area contributed by atoms with Gasteiger partial charge in [0.2, 0.25) is 0 Å². The molecule has 0 aliphatic carbocycles. The monoisotopic (exact) mass is 432 g/mol. The molecule has 0 fully saturated rings. The van der Waals surface area contributed by atoms with Gasteiger partial charge < -0.3 is 0 Å². The van der Waals surface area contributed by atoms with Crippen LogP contribution in [0, 0.1) is 20.2 Å². The first-order valence-electron chi connectivity index (χ1n) is 6.28. The number of nitro groups is 2. The van der Waals surface area contributed by atoms with E-state index < -0.39 is 36.1 Å². The van der Waals surface area contributed by atoms with Crippen LogP contribution >= 0.6 is 0 Å². The summed E-state index contributed by atoms with van der Waals surface area (Å²) in [4.78, 5) is 20.2. The molecule has 0 amide bonds. The van der Waals surface area contributed by atoms with E-state index in [0.29, 0.717) is 11.1 Å². The minimum absolute atomic E-state index is 0.334. The van der Waals surface area contributed by atoms with E-state index in [1.807, 2.05) is 0 Å². The molecule has 0 aliphatic rings. The standard InChI is InChI=1S/C14H12N2O4Se2/c17-15(18)13(11-7-3-1-4-8-11)21-22-14(16(19)20)12-9-5-2-6-10-12/h1-10,13-14H. The van der Waals surface area contributed by atoms with Crippen LogP contribution in [0.4, 0.5) is 0 Å². The van der Waals surface area contributed by atoms with Crippen molar-refractivity contribution in [2.24, 2.45) is 0 Å². The number of rotatable bonds is 7. The molecule has 8 heteroatoms. The Balaban J connectivity index is 2.14. The van der Waals surface area contributed by atoms with E-state index in [0.717, 1.165) is 0 Å². The maximum absolute atomic E-state index is 11.3. The second-order valence-corrected chi connectivity index (χ2v) is 11.2. The third-order valence-electron chi connectivity index (χ3n) is 2.79. The van der Waals surface area contributed by atoms with Crippen LogP contribution in [0.1, 0.15) is 21.0 Å². The predicted molar refractivity (Wildman–Crippen MR) is 83.9 cm³/mol. The van der Waals surface area contributed by atoms with E-state index in [1.165, 1.54) is 0 Å². The molecular formula is C14H12N2O4Se2. The molecule has 114 valence electrons. The zero-order valence-electron chi connectivity index (χ0n) is 11.3. The van der Waals surface area contributed by atoms with Crippen molar-refractivity contribution in [1.82, 2.24) is 0 Å². The topological polar surface area (TPSA) is 86.3 Å². The van der Waals surface area contributed by atoms with Gasteiger partial charge >= 0.3 is 138 Å². The summed E-state index contributed by atoms with van der Waals surface area (Å²) in [5.74, 6) is 0. The van der Waals surface area contributed by atoms with E-state index in [9.17, 15) is 20.2 Å². The summed E-state index contributed by atoms with van der Waals surface area (Å²) >= 11 is -0.906. The van der Waals surface area contributed by atoms with Gasteiger partial charge in [0.1, 0.15) is 0 Å². The van der Waals surface area contributed by atoms with Crippen molar-refractivity contribution in [2.75, 3.05) is 0 Å². The van der Waals surface area contributed by atoms with E-state index in [4.69, 9.17) is 0 Å². The quantitative estimate of drug-likeness (QED) is 0.383. The normalized spacial score (nSPS) is 13.3. The van der Waals surface area contributed by atoms with Gasteiger partial charge in [-0.3, -0.25) is 0 Å². The molecule has 2 unspecified atom stereocenters. The van der Waals surface area contributed by atoms with Gasteiger partial charge in [0.25, 0.3) is 0 Å². The second-order valence-electron chi connectivity index (χ2n) is 4.29. The van der Waals surface area contributed by atoms with Crippen LogP contribution < -0.4 is 0 Å². The van der Waals surface area contributed by atoms with Crippen molar-refractivity contribution in [2.45, 2.75) is 9.88 Å². The molecule has 0 N–H and O–H groups in total. The summed E-state index contributed by atoms with van der Waals surface area (Å²) in [6.07, 6.45) is 0. The molecule has 2 aromatic carbocycles. The van der Waals surface area contributed by atoms with Crippen LogP contribution in [0.5, 0.6) is 0 Å². The molecule has 2 atom stereocenters. The van der Waals surface area contributed by atoms with Gasteiger partial charge in [-0.1, -0.05) is 0 Å². The number of benzene rings is 2.